The number of aromatic nitrogens is 3. The summed E-state index contributed by atoms with van der Waals surface area (Å²) in [7, 11) is 3.46. The summed E-state index contributed by atoms with van der Waals surface area (Å²) in [6.07, 6.45) is 1.58. The van der Waals surface area contributed by atoms with Crippen LogP contribution in [0.3, 0.4) is 0 Å². The number of methoxy groups -OCH3 is 1. The molecule has 3 aromatic rings. The van der Waals surface area contributed by atoms with Crippen LogP contribution in [0.1, 0.15) is 11.3 Å². The van der Waals surface area contributed by atoms with Gasteiger partial charge in [-0.15, -0.1) is 0 Å². The van der Waals surface area contributed by atoms with Gasteiger partial charge in [-0.2, -0.15) is 0 Å². The highest BCUT2D eigenvalue weighted by molar-refractivity contribution is 5.73. The molecular weight excluding hydrogens is 284 g/mol. The first kappa shape index (κ1) is 14.3. The lowest BCUT2D eigenvalue weighted by molar-refractivity contribution is 0.313. The highest BCUT2D eigenvalue weighted by atomic mass is 16.6. The van der Waals surface area contributed by atoms with E-state index in [9.17, 15) is 4.79 Å². The Hall–Kier alpha value is -2.67. The molecule has 2 heterocycles. The van der Waals surface area contributed by atoms with Crippen LogP contribution in [0, 0.1) is 0 Å². The minimum absolute atomic E-state index is 0.125. The molecule has 0 saturated heterocycles. The summed E-state index contributed by atoms with van der Waals surface area (Å²) in [5.74, 6) is 0.315. The largest absolute Gasteiger partial charge is 0.491 e. The Morgan fingerprint density at radius 1 is 1.23 bits per heavy atom. The van der Waals surface area contributed by atoms with E-state index < -0.39 is 0 Å². The number of rotatable bonds is 5. The predicted molar refractivity (Wildman–Crippen MR) is 80.6 cm³/mol. The van der Waals surface area contributed by atoms with E-state index in [1.54, 1.807) is 12.3 Å². The maximum absolute atomic E-state index is 11.7. The summed E-state index contributed by atoms with van der Waals surface area (Å²) >= 11 is 0. The average Bonchev–Trinajstić information content (AvgIpc) is 2.95. The Balaban J connectivity index is 1.70. The molecule has 0 aliphatic heterocycles. The van der Waals surface area contributed by atoms with Gasteiger partial charge >= 0.3 is 0 Å². The fourth-order valence-electron chi connectivity index (χ4n) is 2.34. The number of nitrogens with one attached hydrogen (secondary N) is 1. The number of hydrogen-bond acceptors (Lipinski definition) is 6. The highest BCUT2D eigenvalue weighted by Crippen LogP contribution is 2.13. The van der Waals surface area contributed by atoms with Gasteiger partial charge in [0.2, 0.25) is 5.43 Å². The molecule has 0 atom stereocenters. The van der Waals surface area contributed by atoms with Gasteiger partial charge in [0, 0.05) is 31.0 Å². The molecule has 0 amide bonds. The molecule has 0 aliphatic rings. The van der Waals surface area contributed by atoms with Crippen molar-refractivity contribution in [2.45, 2.75) is 13.1 Å². The molecule has 0 fully saturated rings. The van der Waals surface area contributed by atoms with Crippen molar-refractivity contribution >= 4 is 11.0 Å². The van der Waals surface area contributed by atoms with Crippen molar-refractivity contribution in [2.24, 2.45) is 0 Å². The lowest BCUT2D eigenvalue weighted by Crippen LogP contribution is -2.19. The molecule has 1 N–H and O–H groups in total. The minimum Gasteiger partial charge on any atom is -0.491 e. The van der Waals surface area contributed by atoms with Crippen LogP contribution in [0.4, 0.5) is 0 Å². The monoisotopic (exact) mass is 300 g/mol. The van der Waals surface area contributed by atoms with E-state index in [1.165, 1.54) is 7.11 Å². The van der Waals surface area contributed by atoms with Gasteiger partial charge in [0.1, 0.15) is 11.0 Å². The fraction of sp³-hybridized carbons (Fsp3) is 0.267. The molecule has 114 valence electrons. The van der Waals surface area contributed by atoms with Crippen molar-refractivity contribution in [1.82, 2.24) is 20.2 Å². The SMILES string of the molecule is COc1c[nH]c(CN(C)Cc2ccc3nonc3c2)cc1=O. The molecule has 2 aromatic heterocycles. The van der Waals surface area contributed by atoms with Crippen LogP contribution in [-0.4, -0.2) is 34.4 Å². The van der Waals surface area contributed by atoms with E-state index in [0.29, 0.717) is 12.3 Å². The summed E-state index contributed by atoms with van der Waals surface area (Å²) in [6, 6.07) is 7.36. The van der Waals surface area contributed by atoms with Crippen molar-refractivity contribution in [3.8, 4) is 5.75 Å². The zero-order chi connectivity index (χ0) is 15.5. The normalized spacial score (nSPS) is 11.2. The molecule has 0 aliphatic carbocycles. The van der Waals surface area contributed by atoms with Crippen LogP contribution in [0.5, 0.6) is 5.75 Å². The van der Waals surface area contributed by atoms with Gasteiger partial charge in [-0.1, -0.05) is 6.07 Å². The van der Waals surface area contributed by atoms with Gasteiger partial charge in [-0.3, -0.25) is 9.69 Å². The third kappa shape index (κ3) is 2.99. The lowest BCUT2D eigenvalue weighted by atomic mass is 10.2. The molecule has 0 radical (unpaired) electrons. The Labute approximate surface area is 126 Å². The van der Waals surface area contributed by atoms with Gasteiger partial charge in [0.05, 0.1) is 7.11 Å². The quantitative estimate of drug-likeness (QED) is 0.769. The van der Waals surface area contributed by atoms with Crippen molar-refractivity contribution in [2.75, 3.05) is 14.2 Å². The Bertz CT molecular complexity index is 840. The van der Waals surface area contributed by atoms with Crippen LogP contribution in [0.2, 0.25) is 0 Å². The van der Waals surface area contributed by atoms with Crippen molar-refractivity contribution in [1.29, 1.82) is 0 Å². The second-order valence-electron chi connectivity index (χ2n) is 5.15. The zero-order valence-corrected chi connectivity index (χ0v) is 12.4. The number of ether oxygens (including phenoxy) is 1. The van der Waals surface area contributed by atoms with E-state index in [1.807, 2.05) is 25.2 Å². The zero-order valence-electron chi connectivity index (χ0n) is 12.4. The first-order chi connectivity index (χ1) is 10.7. The van der Waals surface area contributed by atoms with Crippen LogP contribution in [0.15, 0.2) is 39.9 Å². The van der Waals surface area contributed by atoms with E-state index in [4.69, 9.17) is 9.37 Å². The maximum atomic E-state index is 11.7. The van der Waals surface area contributed by atoms with Gasteiger partial charge in [-0.25, -0.2) is 4.63 Å². The Kier molecular flexibility index (Phi) is 3.88. The lowest BCUT2D eigenvalue weighted by Gasteiger charge is -2.16. The molecule has 7 heteroatoms. The van der Waals surface area contributed by atoms with Crippen molar-refractivity contribution in [3.63, 3.8) is 0 Å². The van der Waals surface area contributed by atoms with Crippen LogP contribution in [-0.2, 0) is 13.1 Å². The van der Waals surface area contributed by atoms with Gasteiger partial charge in [0.15, 0.2) is 5.75 Å². The minimum atomic E-state index is -0.125. The summed E-state index contributed by atoms with van der Waals surface area (Å²) in [4.78, 5) is 16.9. The number of hydrogen-bond donors (Lipinski definition) is 1. The van der Waals surface area contributed by atoms with Crippen molar-refractivity contribution in [3.05, 3.63) is 51.9 Å². The predicted octanol–water partition coefficient (Wildman–Crippen LogP) is 1.55. The number of fused-ring (bicyclic) bond motifs is 1. The Morgan fingerprint density at radius 3 is 2.82 bits per heavy atom. The van der Waals surface area contributed by atoms with E-state index in [0.717, 1.165) is 28.8 Å². The highest BCUT2D eigenvalue weighted by Gasteiger charge is 2.07. The summed E-state index contributed by atoms with van der Waals surface area (Å²) in [5.41, 5.74) is 3.29. The van der Waals surface area contributed by atoms with Crippen LogP contribution < -0.4 is 10.2 Å². The van der Waals surface area contributed by atoms with E-state index >= 15 is 0 Å². The molecule has 0 bridgehead atoms. The number of pyridine rings is 1. The Morgan fingerprint density at radius 2 is 2.05 bits per heavy atom. The van der Waals surface area contributed by atoms with Crippen molar-refractivity contribution < 1.29 is 9.37 Å². The van der Waals surface area contributed by atoms with Crippen LogP contribution in [0.25, 0.3) is 11.0 Å². The van der Waals surface area contributed by atoms with Gasteiger partial charge in [-0.05, 0) is 35.1 Å². The van der Waals surface area contributed by atoms with Crippen LogP contribution >= 0.6 is 0 Å². The fourth-order valence-corrected chi connectivity index (χ4v) is 2.34. The average molecular weight is 300 g/mol. The molecule has 0 saturated carbocycles. The molecule has 3 rings (SSSR count). The topological polar surface area (TPSA) is 84.2 Å². The summed E-state index contributed by atoms with van der Waals surface area (Å²) < 4.78 is 9.65. The second kappa shape index (κ2) is 5.98. The molecule has 0 spiro atoms. The number of aromatic amines is 1. The number of benzene rings is 1. The molecule has 1 aromatic carbocycles. The first-order valence-electron chi connectivity index (χ1n) is 6.81. The van der Waals surface area contributed by atoms with Gasteiger partial charge in [0.25, 0.3) is 0 Å². The first-order valence-corrected chi connectivity index (χ1v) is 6.81. The molecule has 7 nitrogen and oxygen atoms in total. The number of nitrogens with zero attached hydrogens (tertiary/aromatic N) is 3. The molecule has 0 unspecified atom stereocenters. The van der Waals surface area contributed by atoms with E-state index in [-0.39, 0.29) is 5.43 Å². The standard InChI is InChI=1S/C15H16N4O3/c1-19(9-11-6-14(20)15(21-2)7-16-11)8-10-3-4-12-13(5-10)18-22-17-12/h3-7H,8-9H2,1-2H3,(H,16,20). The van der Waals surface area contributed by atoms with Gasteiger partial charge < -0.3 is 9.72 Å². The maximum Gasteiger partial charge on any atom is 0.223 e. The smallest absolute Gasteiger partial charge is 0.223 e. The number of H-pyrrole nitrogens is 1. The molecule has 22 heavy (non-hydrogen) atoms. The second-order valence-corrected chi connectivity index (χ2v) is 5.15. The summed E-state index contributed by atoms with van der Waals surface area (Å²) in [5, 5.41) is 7.62. The molecular formula is C15H16N4O3. The third-order valence-corrected chi connectivity index (χ3v) is 3.37. The van der Waals surface area contributed by atoms with E-state index in [2.05, 4.69) is 20.2 Å². The third-order valence-electron chi connectivity index (χ3n) is 3.37. The summed E-state index contributed by atoms with van der Waals surface area (Å²) in [6.45, 7) is 1.34.